The number of pyridine rings is 1. The first-order valence-electron chi connectivity index (χ1n) is 12.3. The number of oxime groups is 1. The molecule has 1 aromatic heterocycles. The molecule has 2 fully saturated rings. The maximum absolute atomic E-state index is 13.3. The van der Waals surface area contributed by atoms with Gasteiger partial charge in [0, 0.05) is 64.7 Å². The molecule has 5 rings (SSSR count). The molecule has 0 atom stereocenters. The van der Waals surface area contributed by atoms with Gasteiger partial charge in [0.2, 0.25) is 0 Å². The predicted molar refractivity (Wildman–Crippen MR) is 135 cm³/mol. The van der Waals surface area contributed by atoms with Crippen molar-refractivity contribution in [2.24, 2.45) is 5.16 Å². The van der Waals surface area contributed by atoms with Crippen LogP contribution in [0.2, 0.25) is 5.02 Å². The Balaban J connectivity index is 1.12. The highest BCUT2D eigenvalue weighted by molar-refractivity contribution is 6.39. The number of nitrogens with zero attached hydrogens (tertiary/aromatic N) is 5. The first-order chi connectivity index (χ1) is 18.2. The van der Waals surface area contributed by atoms with E-state index in [2.05, 4.69) is 15.5 Å². The predicted octanol–water partition coefficient (Wildman–Crippen LogP) is 4.25. The number of hydrogen-bond donors (Lipinski definition) is 1. The van der Waals surface area contributed by atoms with Gasteiger partial charge < -0.3 is 24.9 Å². The molecule has 2 aromatic rings. The Labute approximate surface area is 222 Å². The van der Waals surface area contributed by atoms with E-state index in [0.29, 0.717) is 62.0 Å². The normalized spacial score (nSPS) is 19.3. The minimum Gasteiger partial charge on any atom is -0.388 e. The van der Waals surface area contributed by atoms with Gasteiger partial charge in [-0.25, -0.2) is 9.78 Å². The van der Waals surface area contributed by atoms with Gasteiger partial charge in [-0.15, -0.1) is 0 Å². The maximum Gasteiger partial charge on any atom is 0.418 e. The lowest BCUT2D eigenvalue weighted by Crippen LogP contribution is -2.52. The van der Waals surface area contributed by atoms with Crippen LogP contribution in [0.25, 0.3) is 0 Å². The number of alkyl halides is 3. The fraction of sp³-hybridized carbons (Fsp3) is 0.440. The number of piperidine rings is 1. The summed E-state index contributed by atoms with van der Waals surface area (Å²) in [7, 11) is 0. The molecular weight excluding hydrogens is 525 g/mol. The van der Waals surface area contributed by atoms with Gasteiger partial charge in [-0.1, -0.05) is 28.9 Å². The van der Waals surface area contributed by atoms with Crippen molar-refractivity contribution in [2.75, 3.05) is 49.5 Å². The molecule has 1 spiro atoms. The monoisotopic (exact) mass is 550 g/mol. The van der Waals surface area contributed by atoms with E-state index in [1.165, 1.54) is 23.1 Å². The number of carbonyl (C=O) groups is 2. The zero-order valence-corrected chi connectivity index (χ0v) is 21.1. The maximum atomic E-state index is 13.3. The molecule has 3 aliphatic heterocycles. The number of halogens is 4. The molecule has 38 heavy (non-hydrogen) atoms. The summed E-state index contributed by atoms with van der Waals surface area (Å²) in [6, 6.07) is 7.80. The van der Waals surface area contributed by atoms with Gasteiger partial charge in [0.1, 0.15) is 17.1 Å². The molecule has 1 N–H and O–H groups in total. The van der Waals surface area contributed by atoms with E-state index in [9.17, 15) is 22.8 Å². The molecular formula is C25H26ClF3N6O3. The number of likely N-dealkylation sites (tertiary alicyclic amines) is 1. The van der Waals surface area contributed by atoms with Crippen LogP contribution >= 0.6 is 11.6 Å². The number of piperazine rings is 1. The highest BCUT2D eigenvalue weighted by atomic mass is 35.5. The van der Waals surface area contributed by atoms with E-state index in [1.807, 2.05) is 4.90 Å². The molecule has 3 aliphatic rings. The molecule has 0 unspecified atom stereocenters. The molecule has 1 aromatic carbocycles. The lowest BCUT2D eigenvalue weighted by Gasteiger charge is -2.37. The number of rotatable bonds is 3. The minimum absolute atomic E-state index is 0.183. The molecule has 3 amide bonds. The lowest BCUT2D eigenvalue weighted by molar-refractivity contribution is -0.137. The van der Waals surface area contributed by atoms with E-state index in [0.717, 1.165) is 6.07 Å². The summed E-state index contributed by atoms with van der Waals surface area (Å²) in [6.45, 7) is 2.68. The number of aromatic nitrogens is 1. The smallest absolute Gasteiger partial charge is 0.388 e. The third-order valence-electron chi connectivity index (χ3n) is 7.13. The third kappa shape index (κ3) is 5.35. The largest absolute Gasteiger partial charge is 0.418 e. The van der Waals surface area contributed by atoms with E-state index >= 15 is 0 Å². The van der Waals surface area contributed by atoms with E-state index in [1.54, 1.807) is 23.2 Å². The number of carbonyl (C=O) groups excluding carboxylic acids is 2. The summed E-state index contributed by atoms with van der Waals surface area (Å²) < 4.78 is 39.8. The van der Waals surface area contributed by atoms with Crippen molar-refractivity contribution in [3.05, 3.63) is 53.2 Å². The summed E-state index contributed by atoms with van der Waals surface area (Å²) in [6.07, 6.45) is -1.75. The van der Waals surface area contributed by atoms with Gasteiger partial charge in [0.25, 0.3) is 5.91 Å². The number of hydrogen-bond acceptors (Lipinski definition) is 6. The summed E-state index contributed by atoms with van der Waals surface area (Å²) in [5.74, 6) is 0.511. The highest BCUT2D eigenvalue weighted by Gasteiger charge is 2.45. The van der Waals surface area contributed by atoms with Crippen molar-refractivity contribution in [1.82, 2.24) is 14.8 Å². The van der Waals surface area contributed by atoms with Gasteiger partial charge in [-0.2, -0.15) is 13.2 Å². The van der Waals surface area contributed by atoms with E-state index < -0.39 is 23.4 Å². The summed E-state index contributed by atoms with van der Waals surface area (Å²) in [5, 5.41) is 7.03. The van der Waals surface area contributed by atoms with Crippen molar-refractivity contribution < 1.29 is 27.6 Å². The number of urea groups is 1. The third-order valence-corrected chi connectivity index (χ3v) is 7.42. The zero-order valence-electron chi connectivity index (χ0n) is 20.4. The molecule has 2 saturated heterocycles. The number of nitrogens with one attached hydrogen (secondary N) is 1. The van der Waals surface area contributed by atoms with E-state index in [-0.39, 0.29) is 24.7 Å². The van der Waals surface area contributed by atoms with Crippen LogP contribution in [0.3, 0.4) is 0 Å². The van der Waals surface area contributed by atoms with Crippen LogP contribution in [0.5, 0.6) is 0 Å². The first kappa shape index (κ1) is 26.1. The second-order valence-electron chi connectivity index (χ2n) is 9.54. The Kier molecular flexibility index (Phi) is 7.08. The SMILES string of the molecule is O=C(Nc1ccccc1C(F)(F)F)N1CCC2(CC1)CC(C(=O)N1CCN(c3ncccc3Cl)CC1)=NO2. The van der Waals surface area contributed by atoms with Crippen LogP contribution in [0, 0.1) is 0 Å². The van der Waals surface area contributed by atoms with Crippen LogP contribution in [-0.4, -0.2) is 77.3 Å². The molecule has 4 heterocycles. The Morgan fingerprint density at radius 3 is 2.37 bits per heavy atom. The minimum atomic E-state index is -4.58. The van der Waals surface area contributed by atoms with E-state index in [4.69, 9.17) is 16.4 Å². The standard InChI is InChI=1S/C25H26ClF3N6O3/c26-18-5-3-9-30-21(18)33-12-14-34(15-13-33)22(36)20-16-24(38-32-20)7-10-35(11-8-24)23(37)31-19-6-2-1-4-17(19)25(27,28)29/h1-6,9H,7-8,10-16H2,(H,31,37). The van der Waals surface area contributed by atoms with Crippen LogP contribution in [0.4, 0.5) is 29.5 Å². The summed E-state index contributed by atoms with van der Waals surface area (Å²) >= 11 is 6.24. The van der Waals surface area contributed by atoms with Crippen molar-refractivity contribution in [3.63, 3.8) is 0 Å². The van der Waals surface area contributed by atoms with Gasteiger partial charge in [-0.05, 0) is 24.3 Å². The number of para-hydroxylation sites is 1. The molecule has 202 valence electrons. The fourth-order valence-electron chi connectivity index (χ4n) is 4.97. The van der Waals surface area contributed by atoms with Crippen LogP contribution in [-0.2, 0) is 15.8 Å². The summed E-state index contributed by atoms with van der Waals surface area (Å²) in [5.41, 5.74) is -1.55. The molecule has 0 radical (unpaired) electrons. The number of amides is 3. The second-order valence-corrected chi connectivity index (χ2v) is 9.94. The Morgan fingerprint density at radius 2 is 1.68 bits per heavy atom. The molecule has 0 bridgehead atoms. The van der Waals surface area contributed by atoms with Gasteiger partial charge in [-0.3, -0.25) is 4.79 Å². The molecule has 13 heteroatoms. The van der Waals surface area contributed by atoms with Gasteiger partial charge in [0.05, 0.1) is 16.3 Å². The Hall–Kier alpha value is -3.54. The molecule has 0 saturated carbocycles. The van der Waals surface area contributed by atoms with Gasteiger partial charge in [0.15, 0.2) is 0 Å². The topological polar surface area (TPSA) is 90.4 Å². The first-order valence-corrected chi connectivity index (χ1v) is 12.6. The lowest BCUT2D eigenvalue weighted by atomic mass is 9.86. The fourth-order valence-corrected chi connectivity index (χ4v) is 5.21. The molecule has 9 nitrogen and oxygen atoms in total. The zero-order chi connectivity index (χ0) is 26.9. The second kappa shape index (κ2) is 10.3. The van der Waals surface area contributed by atoms with Gasteiger partial charge >= 0.3 is 12.2 Å². The van der Waals surface area contributed by atoms with Crippen molar-refractivity contribution in [2.45, 2.75) is 31.0 Å². The number of anilines is 2. The summed E-state index contributed by atoms with van der Waals surface area (Å²) in [4.78, 5) is 41.1. The molecule has 0 aliphatic carbocycles. The van der Waals surface area contributed by atoms with Crippen molar-refractivity contribution in [1.29, 1.82) is 0 Å². The van der Waals surface area contributed by atoms with Crippen molar-refractivity contribution >= 4 is 40.8 Å². The average molecular weight is 551 g/mol. The van der Waals surface area contributed by atoms with Crippen molar-refractivity contribution in [3.8, 4) is 0 Å². The quantitative estimate of drug-likeness (QED) is 0.617. The number of benzene rings is 1. The highest BCUT2D eigenvalue weighted by Crippen LogP contribution is 2.37. The van der Waals surface area contributed by atoms with Crippen LogP contribution in [0.15, 0.2) is 47.8 Å². The average Bonchev–Trinajstić information content (AvgIpc) is 3.32. The Bertz CT molecular complexity index is 1240. The van der Waals surface area contributed by atoms with Crippen LogP contribution in [0.1, 0.15) is 24.8 Å². The van der Waals surface area contributed by atoms with Crippen LogP contribution < -0.4 is 10.2 Å². The Morgan fingerprint density at radius 1 is 0.974 bits per heavy atom.